The first-order valence-electron chi connectivity index (χ1n) is 7.24. The van der Waals surface area contributed by atoms with Gasteiger partial charge in [-0.25, -0.2) is 14.6 Å². The molecule has 0 N–H and O–H groups in total. The number of nitrogens with zero attached hydrogens (tertiary/aromatic N) is 5. The smallest absolute Gasteiger partial charge is 0.115 e. The SMILES string of the molecule is Cc1ccccc1-n1cc(CN(C)Cc2cncnc2)cn1. The van der Waals surface area contributed by atoms with E-state index in [1.807, 2.05) is 35.4 Å². The summed E-state index contributed by atoms with van der Waals surface area (Å²) >= 11 is 0. The Morgan fingerprint density at radius 2 is 1.73 bits per heavy atom. The highest BCUT2D eigenvalue weighted by atomic mass is 15.3. The molecule has 2 aromatic heterocycles. The summed E-state index contributed by atoms with van der Waals surface area (Å²) in [4.78, 5) is 10.3. The molecule has 0 radical (unpaired) electrons. The highest BCUT2D eigenvalue weighted by Gasteiger charge is 2.06. The molecule has 0 bridgehead atoms. The molecule has 0 saturated carbocycles. The van der Waals surface area contributed by atoms with Gasteiger partial charge in [-0.3, -0.25) is 4.90 Å². The van der Waals surface area contributed by atoms with E-state index in [0.29, 0.717) is 0 Å². The van der Waals surface area contributed by atoms with Crippen LogP contribution in [0.15, 0.2) is 55.4 Å². The number of para-hydroxylation sites is 1. The van der Waals surface area contributed by atoms with Crippen molar-refractivity contribution in [2.24, 2.45) is 0 Å². The Hall–Kier alpha value is -2.53. The highest BCUT2D eigenvalue weighted by Crippen LogP contribution is 2.14. The number of aromatic nitrogens is 4. The second-order valence-corrected chi connectivity index (χ2v) is 5.50. The van der Waals surface area contributed by atoms with Crippen molar-refractivity contribution >= 4 is 0 Å². The fraction of sp³-hybridized carbons (Fsp3) is 0.235. The van der Waals surface area contributed by atoms with Gasteiger partial charge in [0, 0.05) is 42.8 Å². The second kappa shape index (κ2) is 6.49. The van der Waals surface area contributed by atoms with E-state index in [1.165, 1.54) is 11.1 Å². The summed E-state index contributed by atoms with van der Waals surface area (Å²) in [6.45, 7) is 3.75. The monoisotopic (exact) mass is 293 g/mol. The largest absolute Gasteiger partial charge is 0.298 e. The van der Waals surface area contributed by atoms with E-state index < -0.39 is 0 Å². The molecule has 0 unspecified atom stereocenters. The lowest BCUT2D eigenvalue weighted by atomic mass is 10.2. The predicted molar refractivity (Wildman–Crippen MR) is 85.5 cm³/mol. The molecule has 0 spiro atoms. The second-order valence-electron chi connectivity index (χ2n) is 5.50. The lowest BCUT2D eigenvalue weighted by molar-refractivity contribution is 0.318. The van der Waals surface area contributed by atoms with Gasteiger partial charge in [-0.15, -0.1) is 0 Å². The van der Waals surface area contributed by atoms with Crippen molar-refractivity contribution < 1.29 is 0 Å². The molecule has 0 aliphatic rings. The Morgan fingerprint density at radius 3 is 2.50 bits per heavy atom. The molecule has 0 amide bonds. The summed E-state index contributed by atoms with van der Waals surface area (Å²) in [5, 5.41) is 4.47. The predicted octanol–water partition coefficient (Wildman–Crippen LogP) is 2.60. The van der Waals surface area contributed by atoms with Crippen molar-refractivity contribution in [1.82, 2.24) is 24.6 Å². The minimum atomic E-state index is 0.816. The van der Waals surface area contributed by atoms with Crippen molar-refractivity contribution in [1.29, 1.82) is 0 Å². The van der Waals surface area contributed by atoms with Crippen LogP contribution in [0.5, 0.6) is 0 Å². The molecule has 0 saturated heterocycles. The van der Waals surface area contributed by atoms with Crippen LogP contribution in [0.3, 0.4) is 0 Å². The molecule has 112 valence electrons. The van der Waals surface area contributed by atoms with Crippen LogP contribution < -0.4 is 0 Å². The first kappa shape index (κ1) is 14.4. The Morgan fingerprint density at radius 1 is 1.00 bits per heavy atom. The van der Waals surface area contributed by atoms with Gasteiger partial charge in [0.15, 0.2) is 0 Å². The fourth-order valence-electron chi connectivity index (χ4n) is 2.48. The van der Waals surface area contributed by atoms with E-state index in [4.69, 9.17) is 0 Å². The first-order chi connectivity index (χ1) is 10.7. The van der Waals surface area contributed by atoms with Crippen LogP contribution in [0.4, 0.5) is 0 Å². The van der Waals surface area contributed by atoms with Gasteiger partial charge in [-0.05, 0) is 25.6 Å². The van der Waals surface area contributed by atoms with Crippen molar-refractivity contribution in [2.75, 3.05) is 7.05 Å². The zero-order valence-corrected chi connectivity index (χ0v) is 12.8. The Bertz CT molecular complexity index is 736. The lowest BCUT2D eigenvalue weighted by Crippen LogP contribution is -2.17. The zero-order valence-electron chi connectivity index (χ0n) is 12.8. The van der Waals surface area contributed by atoms with Crippen LogP contribution in [0.25, 0.3) is 5.69 Å². The van der Waals surface area contributed by atoms with Gasteiger partial charge >= 0.3 is 0 Å². The summed E-state index contributed by atoms with van der Waals surface area (Å²) in [6, 6.07) is 8.25. The van der Waals surface area contributed by atoms with Crippen LogP contribution in [0, 0.1) is 6.92 Å². The van der Waals surface area contributed by atoms with Gasteiger partial charge in [0.25, 0.3) is 0 Å². The highest BCUT2D eigenvalue weighted by molar-refractivity contribution is 5.39. The maximum absolute atomic E-state index is 4.47. The Kier molecular flexibility index (Phi) is 4.25. The van der Waals surface area contributed by atoms with Gasteiger partial charge < -0.3 is 0 Å². The maximum atomic E-state index is 4.47. The molecule has 22 heavy (non-hydrogen) atoms. The van der Waals surface area contributed by atoms with Crippen LogP contribution in [0.1, 0.15) is 16.7 Å². The molecule has 5 heteroatoms. The number of rotatable bonds is 5. The summed E-state index contributed by atoms with van der Waals surface area (Å²) < 4.78 is 1.93. The average Bonchev–Trinajstić information content (AvgIpc) is 2.97. The maximum Gasteiger partial charge on any atom is 0.115 e. The van der Waals surface area contributed by atoms with Gasteiger partial charge in [0.2, 0.25) is 0 Å². The van der Waals surface area contributed by atoms with Crippen molar-refractivity contribution in [3.8, 4) is 5.69 Å². The molecule has 2 heterocycles. The number of benzene rings is 1. The van der Waals surface area contributed by atoms with E-state index in [1.54, 1.807) is 6.33 Å². The average molecular weight is 293 g/mol. The number of hydrogen-bond donors (Lipinski definition) is 0. The molecule has 0 atom stereocenters. The lowest BCUT2D eigenvalue weighted by Gasteiger charge is -2.14. The summed E-state index contributed by atoms with van der Waals surface area (Å²) in [5.74, 6) is 0. The molecular weight excluding hydrogens is 274 g/mol. The number of aryl methyl sites for hydroxylation is 1. The van der Waals surface area contributed by atoms with Crippen molar-refractivity contribution in [3.63, 3.8) is 0 Å². The zero-order chi connectivity index (χ0) is 15.4. The Balaban J connectivity index is 1.68. The van der Waals surface area contributed by atoms with Crippen LogP contribution in [0.2, 0.25) is 0 Å². The quantitative estimate of drug-likeness (QED) is 0.725. The van der Waals surface area contributed by atoms with Crippen molar-refractivity contribution in [2.45, 2.75) is 20.0 Å². The molecule has 3 rings (SSSR count). The van der Waals surface area contributed by atoms with Gasteiger partial charge in [-0.2, -0.15) is 5.10 Å². The van der Waals surface area contributed by atoms with Gasteiger partial charge in [-0.1, -0.05) is 18.2 Å². The van der Waals surface area contributed by atoms with E-state index >= 15 is 0 Å². The molecule has 0 aliphatic heterocycles. The molecule has 0 aliphatic carbocycles. The molecule has 1 aromatic carbocycles. The third-order valence-corrected chi connectivity index (χ3v) is 3.52. The topological polar surface area (TPSA) is 46.8 Å². The molecular formula is C17H19N5. The summed E-state index contributed by atoms with van der Waals surface area (Å²) in [6.07, 6.45) is 9.25. The summed E-state index contributed by atoms with van der Waals surface area (Å²) in [5.41, 5.74) is 4.62. The third-order valence-electron chi connectivity index (χ3n) is 3.52. The molecule has 0 fully saturated rings. The molecule has 3 aromatic rings. The summed E-state index contributed by atoms with van der Waals surface area (Å²) in [7, 11) is 2.08. The minimum Gasteiger partial charge on any atom is -0.298 e. The van der Waals surface area contributed by atoms with Crippen molar-refractivity contribution in [3.05, 3.63) is 72.1 Å². The first-order valence-corrected chi connectivity index (χ1v) is 7.24. The van der Waals surface area contributed by atoms with Crippen LogP contribution in [-0.2, 0) is 13.1 Å². The van der Waals surface area contributed by atoms with E-state index in [0.717, 1.165) is 24.3 Å². The number of hydrogen-bond acceptors (Lipinski definition) is 4. The standard InChI is InChI=1S/C17H19N5/c1-14-5-3-4-6-17(14)22-12-16(9-20-22)11-21(2)10-15-7-18-13-19-8-15/h3-9,12-13H,10-11H2,1-2H3. The van der Waals surface area contributed by atoms with Gasteiger partial charge in [0.05, 0.1) is 11.9 Å². The van der Waals surface area contributed by atoms with E-state index in [2.05, 4.69) is 52.3 Å². The van der Waals surface area contributed by atoms with Gasteiger partial charge in [0.1, 0.15) is 6.33 Å². The normalized spacial score (nSPS) is 11.0. The van der Waals surface area contributed by atoms with E-state index in [9.17, 15) is 0 Å². The molecule has 5 nitrogen and oxygen atoms in total. The minimum absolute atomic E-state index is 0.816. The van der Waals surface area contributed by atoms with Crippen LogP contribution >= 0.6 is 0 Å². The van der Waals surface area contributed by atoms with Crippen LogP contribution in [-0.4, -0.2) is 31.7 Å². The Labute approximate surface area is 130 Å². The third kappa shape index (κ3) is 3.38. The van der Waals surface area contributed by atoms with E-state index in [-0.39, 0.29) is 0 Å². The fourth-order valence-corrected chi connectivity index (χ4v) is 2.48.